The molecule has 0 aliphatic rings. The van der Waals surface area contributed by atoms with Crippen molar-refractivity contribution >= 4 is 5.69 Å². The second kappa shape index (κ2) is 4.65. The van der Waals surface area contributed by atoms with Gasteiger partial charge in [0.1, 0.15) is 0 Å². The zero-order valence-electron chi connectivity index (χ0n) is 8.43. The summed E-state index contributed by atoms with van der Waals surface area (Å²) in [5.41, 5.74) is 1.72. The molecule has 0 aliphatic carbocycles. The number of methoxy groups -OCH3 is 1. The van der Waals surface area contributed by atoms with Gasteiger partial charge in [0.15, 0.2) is 11.6 Å². The third kappa shape index (κ3) is 2.25. The molecule has 0 saturated carbocycles. The predicted molar refractivity (Wildman–Crippen MR) is 56.4 cm³/mol. The SMILES string of the molecule is C=CCNc1cc(F)c(OC)cc1C. The largest absolute Gasteiger partial charge is 0.494 e. The molecule has 0 heterocycles. The van der Waals surface area contributed by atoms with E-state index >= 15 is 0 Å². The molecule has 0 radical (unpaired) electrons. The van der Waals surface area contributed by atoms with E-state index in [2.05, 4.69) is 11.9 Å². The standard InChI is InChI=1S/C11H14FNO/c1-4-5-13-10-7-9(12)11(14-3)6-8(10)2/h4,6-7,13H,1,5H2,2-3H3. The van der Waals surface area contributed by atoms with Crippen molar-refractivity contribution in [2.45, 2.75) is 6.92 Å². The minimum Gasteiger partial charge on any atom is -0.494 e. The van der Waals surface area contributed by atoms with Crippen molar-refractivity contribution in [3.8, 4) is 5.75 Å². The van der Waals surface area contributed by atoms with Gasteiger partial charge in [-0.25, -0.2) is 4.39 Å². The Morgan fingerprint density at radius 2 is 2.29 bits per heavy atom. The Kier molecular flexibility index (Phi) is 3.51. The molecule has 0 bridgehead atoms. The fraction of sp³-hybridized carbons (Fsp3) is 0.273. The number of aryl methyl sites for hydroxylation is 1. The fourth-order valence-corrected chi connectivity index (χ4v) is 1.18. The molecule has 0 aliphatic heterocycles. The molecule has 0 aromatic heterocycles. The lowest BCUT2D eigenvalue weighted by Gasteiger charge is -2.10. The lowest BCUT2D eigenvalue weighted by atomic mass is 10.2. The van der Waals surface area contributed by atoms with E-state index < -0.39 is 0 Å². The summed E-state index contributed by atoms with van der Waals surface area (Å²) in [6, 6.07) is 3.10. The number of rotatable bonds is 4. The molecule has 14 heavy (non-hydrogen) atoms. The monoisotopic (exact) mass is 195 g/mol. The van der Waals surface area contributed by atoms with Gasteiger partial charge in [-0.1, -0.05) is 6.08 Å². The van der Waals surface area contributed by atoms with Crippen LogP contribution < -0.4 is 10.1 Å². The number of halogens is 1. The number of benzene rings is 1. The molecular weight excluding hydrogens is 181 g/mol. The summed E-state index contributed by atoms with van der Waals surface area (Å²) < 4.78 is 18.1. The predicted octanol–water partition coefficient (Wildman–Crippen LogP) is 2.74. The van der Waals surface area contributed by atoms with E-state index in [1.54, 1.807) is 12.1 Å². The number of nitrogens with one attached hydrogen (secondary N) is 1. The summed E-state index contributed by atoms with van der Waals surface area (Å²) in [6.45, 7) is 6.09. The second-order valence-corrected chi connectivity index (χ2v) is 2.97. The molecule has 0 unspecified atom stereocenters. The third-order valence-electron chi connectivity index (χ3n) is 1.94. The Hall–Kier alpha value is -1.51. The highest BCUT2D eigenvalue weighted by atomic mass is 19.1. The van der Waals surface area contributed by atoms with Crippen LogP contribution in [0.2, 0.25) is 0 Å². The molecule has 76 valence electrons. The van der Waals surface area contributed by atoms with Crippen LogP contribution in [0.1, 0.15) is 5.56 Å². The van der Waals surface area contributed by atoms with Gasteiger partial charge in [0.05, 0.1) is 7.11 Å². The topological polar surface area (TPSA) is 21.3 Å². The number of hydrogen-bond donors (Lipinski definition) is 1. The van der Waals surface area contributed by atoms with Crippen molar-refractivity contribution in [3.05, 3.63) is 36.2 Å². The lowest BCUT2D eigenvalue weighted by Crippen LogP contribution is -2.01. The molecule has 0 saturated heterocycles. The van der Waals surface area contributed by atoms with E-state index in [0.717, 1.165) is 11.3 Å². The maximum atomic E-state index is 13.3. The Balaban J connectivity index is 2.96. The van der Waals surface area contributed by atoms with Gasteiger partial charge in [0.25, 0.3) is 0 Å². The van der Waals surface area contributed by atoms with Crippen LogP contribution in [0, 0.1) is 12.7 Å². The average Bonchev–Trinajstić information content (AvgIpc) is 2.18. The zero-order valence-corrected chi connectivity index (χ0v) is 8.43. The van der Waals surface area contributed by atoms with Gasteiger partial charge < -0.3 is 10.1 Å². The van der Waals surface area contributed by atoms with Crippen molar-refractivity contribution in [1.29, 1.82) is 0 Å². The first-order valence-corrected chi connectivity index (χ1v) is 4.38. The Morgan fingerprint density at radius 3 is 2.86 bits per heavy atom. The summed E-state index contributed by atoms with van der Waals surface area (Å²) in [5, 5.41) is 3.04. The fourth-order valence-electron chi connectivity index (χ4n) is 1.18. The van der Waals surface area contributed by atoms with E-state index in [1.165, 1.54) is 13.2 Å². The summed E-state index contributed by atoms with van der Waals surface area (Å²) >= 11 is 0. The van der Waals surface area contributed by atoms with Crippen LogP contribution in [0.3, 0.4) is 0 Å². The van der Waals surface area contributed by atoms with Gasteiger partial charge in [-0.3, -0.25) is 0 Å². The van der Waals surface area contributed by atoms with Crippen LogP contribution in [0.15, 0.2) is 24.8 Å². The van der Waals surface area contributed by atoms with Crippen molar-refractivity contribution in [3.63, 3.8) is 0 Å². The molecular formula is C11H14FNO. The molecule has 0 spiro atoms. The molecule has 1 N–H and O–H groups in total. The smallest absolute Gasteiger partial charge is 0.167 e. The summed E-state index contributed by atoms with van der Waals surface area (Å²) in [5.74, 6) is -0.0867. The Bertz CT molecular complexity index is 336. The van der Waals surface area contributed by atoms with E-state index in [1.807, 2.05) is 6.92 Å². The second-order valence-electron chi connectivity index (χ2n) is 2.97. The minimum atomic E-state index is -0.357. The number of ether oxygens (including phenoxy) is 1. The maximum Gasteiger partial charge on any atom is 0.167 e. The quantitative estimate of drug-likeness (QED) is 0.746. The normalized spacial score (nSPS) is 9.64. The summed E-state index contributed by atoms with van der Waals surface area (Å²) in [4.78, 5) is 0. The first kappa shape index (κ1) is 10.6. The van der Waals surface area contributed by atoms with E-state index in [9.17, 15) is 4.39 Å². The summed E-state index contributed by atoms with van der Waals surface area (Å²) in [7, 11) is 1.45. The third-order valence-corrected chi connectivity index (χ3v) is 1.94. The average molecular weight is 195 g/mol. The highest BCUT2D eigenvalue weighted by Gasteiger charge is 2.06. The molecule has 0 atom stereocenters. The van der Waals surface area contributed by atoms with E-state index in [0.29, 0.717) is 6.54 Å². The summed E-state index contributed by atoms with van der Waals surface area (Å²) in [6.07, 6.45) is 1.72. The number of anilines is 1. The van der Waals surface area contributed by atoms with Gasteiger partial charge >= 0.3 is 0 Å². The van der Waals surface area contributed by atoms with Crippen molar-refractivity contribution < 1.29 is 9.13 Å². The van der Waals surface area contributed by atoms with Gasteiger partial charge in [-0.2, -0.15) is 0 Å². The van der Waals surface area contributed by atoms with Crippen LogP contribution in [0.5, 0.6) is 5.75 Å². The van der Waals surface area contributed by atoms with Crippen LogP contribution in [0.4, 0.5) is 10.1 Å². The molecule has 1 rings (SSSR count). The van der Waals surface area contributed by atoms with Gasteiger partial charge in [-0.15, -0.1) is 6.58 Å². The lowest BCUT2D eigenvalue weighted by molar-refractivity contribution is 0.386. The Labute approximate surface area is 83.4 Å². The highest BCUT2D eigenvalue weighted by molar-refractivity contribution is 5.54. The van der Waals surface area contributed by atoms with E-state index in [4.69, 9.17) is 4.74 Å². The Morgan fingerprint density at radius 1 is 1.57 bits per heavy atom. The van der Waals surface area contributed by atoms with Crippen LogP contribution in [-0.2, 0) is 0 Å². The van der Waals surface area contributed by atoms with Gasteiger partial charge in [0, 0.05) is 18.3 Å². The van der Waals surface area contributed by atoms with Crippen LogP contribution in [-0.4, -0.2) is 13.7 Å². The first-order chi connectivity index (χ1) is 6.69. The minimum absolute atomic E-state index is 0.270. The number of hydrogen-bond acceptors (Lipinski definition) is 2. The zero-order chi connectivity index (χ0) is 10.6. The highest BCUT2D eigenvalue weighted by Crippen LogP contribution is 2.24. The first-order valence-electron chi connectivity index (χ1n) is 4.38. The maximum absolute atomic E-state index is 13.3. The van der Waals surface area contributed by atoms with Gasteiger partial charge in [-0.05, 0) is 18.6 Å². The molecule has 1 aromatic rings. The molecule has 0 fully saturated rings. The van der Waals surface area contributed by atoms with E-state index in [-0.39, 0.29) is 11.6 Å². The van der Waals surface area contributed by atoms with Crippen LogP contribution in [0.25, 0.3) is 0 Å². The van der Waals surface area contributed by atoms with Gasteiger partial charge in [0.2, 0.25) is 0 Å². The van der Waals surface area contributed by atoms with Crippen molar-refractivity contribution in [1.82, 2.24) is 0 Å². The van der Waals surface area contributed by atoms with Crippen molar-refractivity contribution in [2.24, 2.45) is 0 Å². The molecule has 1 aromatic carbocycles. The molecule has 2 nitrogen and oxygen atoms in total. The molecule has 0 amide bonds. The molecule has 3 heteroatoms. The van der Waals surface area contributed by atoms with Crippen LogP contribution >= 0.6 is 0 Å². The van der Waals surface area contributed by atoms with Crippen molar-refractivity contribution in [2.75, 3.05) is 19.0 Å².